The molecule has 2 aromatic heterocycles. The van der Waals surface area contributed by atoms with Crippen LogP contribution in [0.25, 0.3) is 0 Å². The molecule has 0 bridgehead atoms. The summed E-state index contributed by atoms with van der Waals surface area (Å²) in [4.78, 5) is 50.5. The van der Waals surface area contributed by atoms with E-state index in [-0.39, 0.29) is 36.0 Å². The fraction of sp³-hybridized carbons (Fsp3) is 0.312. The molecule has 0 saturated carbocycles. The van der Waals surface area contributed by atoms with Crippen LogP contribution in [0.2, 0.25) is 0 Å². The van der Waals surface area contributed by atoms with Crippen LogP contribution in [0.15, 0.2) is 57.5 Å². The number of carboxylic acid groups (broad SMARTS) is 1. The first-order valence-corrected chi connectivity index (χ1v) is 17.0. The van der Waals surface area contributed by atoms with E-state index in [1.165, 1.54) is 7.05 Å². The van der Waals surface area contributed by atoms with E-state index in [0.717, 1.165) is 27.5 Å². The zero-order valence-electron chi connectivity index (χ0n) is 28.3. The molecule has 4 heterocycles. The lowest BCUT2D eigenvalue weighted by molar-refractivity contribution is 0.00691. The summed E-state index contributed by atoms with van der Waals surface area (Å²) in [6, 6.07) is 13.4. The van der Waals surface area contributed by atoms with Gasteiger partial charge in [0.1, 0.15) is 17.2 Å². The van der Waals surface area contributed by atoms with Gasteiger partial charge in [0.25, 0.3) is 0 Å². The summed E-state index contributed by atoms with van der Waals surface area (Å²) in [5.41, 5.74) is 1.70. The number of halogens is 3. The van der Waals surface area contributed by atoms with E-state index >= 15 is 0 Å². The van der Waals surface area contributed by atoms with Gasteiger partial charge in [0, 0.05) is 59.6 Å². The Hall–Kier alpha value is -4.81. The average molecular weight is 853 g/mol. The molecule has 19 heteroatoms. The molecule has 2 aliphatic rings. The lowest BCUT2D eigenvalue weighted by Gasteiger charge is -2.21. The zero-order valence-corrected chi connectivity index (χ0v) is 32.3. The van der Waals surface area contributed by atoms with Crippen molar-refractivity contribution in [1.82, 2.24) is 30.2 Å². The minimum absolute atomic E-state index is 0. The summed E-state index contributed by atoms with van der Waals surface area (Å²) < 4.78 is 10.5. The van der Waals surface area contributed by atoms with Gasteiger partial charge in [-0.05, 0) is 57.2 Å². The molecule has 2 aromatic carbocycles. The maximum Gasteiger partial charge on any atom is 0.338 e. The number of aromatic nitrogens is 4. The first-order valence-electron chi connectivity index (χ1n) is 15.4. The molecule has 4 amide bonds. The van der Waals surface area contributed by atoms with Crippen LogP contribution in [0, 0.1) is 0 Å². The van der Waals surface area contributed by atoms with Gasteiger partial charge in [0.2, 0.25) is 0 Å². The van der Waals surface area contributed by atoms with E-state index in [2.05, 4.69) is 63.3 Å². The number of carboxylic acids is 1. The van der Waals surface area contributed by atoms with Crippen LogP contribution in [-0.2, 0) is 17.8 Å². The maximum absolute atomic E-state index is 12.5. The Balaban J connectivity index is 0.000000227. The van der Waals surface area contributed by atoms with Crippen molar-refractivity contribution in [1.29, 1.82) is 0 Å². The number of anilines is 6. The second-order valence-corrected chi connectivity index (χ2v) is 14.0. The largest absolute Gasteiger partial charge is 0.478 e. The van der Waals surface area contributed by atoms with Crippen LogP contribution in [0.5, 0.6) is 0 Å². The molecule has 0 saturated heterocycles. The van der Waals surface area contributed by atoms with Crippen molar-refractivity contribution in [3.63, 3.8) is 0 Å². The molecular formula is C32H37Br2ClN10O6. The summed E-state index contributed by atoms with van der Waals surface area (Å²) in [5.74, 6) is 1.19. The van der Waals surface area contributed by atoms with E-state index in [1.807, 2.05) is 47.4 Å². The van der Waals surface area contributed by atoms with Gasteiger partial charge in [-0.2, -0.15) is 10.2 Å². The number of nitrogens with one attached hydrogen (secondary N) is 4. The number of carbonyl (C=O) groups excluding carboxylic acids is 3. The van der Waals surface area contributed by atoms with Crippen LogP contribution >= 0.6 is 44.3 Å². The van der Waals surface area contributed by atoms with Gasteiger partial charge in [0.15, 0.2) is 11.6 Å². The fourth-order valence-electron chi connectivity index (χ4n) is 5.24. The molecule has 6 rings (SSSR count). The summed E-state index contributed by atoms with van der Waals surface area (Å²) in [7, 11) is 3.07. The Bertz CT molecular complexity index is 1960. The molecule has 16 nitrogen and oxygen atoms in total. The highest BCUT2D eigenvalue weighted by Gasteiger charge is 2.27. The molecule has 2 aliphatic heterocycles. The molecule has 0 fully saturated rings. The topological polar surface area (TPSA) is 188 Å². The number of esters is 1. The monoisotopic (exact) mass is 850 g/mol. The fourth-order valence-corrected chi connectivity index (χ4v) is 6.20. The quantitative estimate of drug-likeness (QED) is 0.140. The average Bonchev–Trinajstić information content (AvgIpc) is 3.81. The minimum atomic E-state index is -0.984. The third kappa shape index (κ3) is 9.50. The Kier molecular flexibility index (Phi) is 12.3. The highest BCUT2D eigenvalue weighted by Crippen LogP contribution is 2.36. The molecule has 0 spiro atoms. The van der Waals surface area contributed by atoms with E-state index in [9.17, 15) is 24.3 Å². The van der Waals surface area contributed by atoms with E-state index in [1.54, 1.807) is 48.1 Å². The standard InChI is InChI=1S/C18H22BrN5O3.C14H14BrN5O3.ClH/c1-18(2,3)27-16(25)11-7-12(19)9-13(8-11)23-5-6-24-15(23)10-14(22-24)21-17(26)20-4;1-16-14(23)17-11-7-12-19(2-3-20(12)18-11)10-5-8(13(21)22)4-9(15)6-10;/h7-10H,5-6H2,1-4H3,(H2,20,21,22,26);4-7H,2-3H2,1H3,(H,21,22)(H2,16,17,18,23);1H. The molecule has 0 aliphatic carbocycles. The molecule has 0 atom stereocenters. The van der Waals surface area contributed by atoms with Gasteiger partial charge in [0.05, 0.1) is 24.2 Å². The second-order valence-electron chi connectivity index (χ2n) is 12.1. The minimum Gasteiger partial charge on any atom is -0.478 e. The third-order valence-corrected chi connectivity index (χ3v) is 8.26. The number of fused-ring (bicyclic) bond motifs is 2. The van der Waals surface area contributed by atoms with Crippen molar-refractivity contribution in [3.05, 3.63) is 68.6 Å². The van der Waals surface area contributed by atoms with Gasteiger partial charge in [-0.1, -0.05) is 31.9 Å². The molecule has 4 aromatic rings. The number of aromatic carboxylic acids is 1. The second kappa shape index (κ2) is 16.0. The predicted molar refractivity (Wildman–Crippen MR) is 202 cm³/mol. The molecule has 5 N–H and O–H groups in total. The molecule has 51 heavy (non-hydrogen) atoms. The molecular weight excluding hydrogens is 816 g/mol. The van der Waals surface area contributed by atoms with Gasteiger partial charge < -0.3 is 30.3 Å². The SMILES string of the molecule is CNC(=O)Nc1cc2n(n1)CCN2c1cc(Br)cc(C(=O)O)c1.CNC(=O)Nc1cc2n(n1)CCN2c1cc(Br)cc(C(=O)OC(C)(C)C)c1.Cl. The predicted octanol–water partition coefficient (Wildman–Crippen LogP) is 6.17. The third-order valence-electron chi connectivity index (χ3n) is 7.35. The van der Waals surface area contributed by atoms with Gasteiger partial charge in [-0.3, -0.25) is 10.6 Å². The number of carbonyl (C=O) groups is 4. The lowest BCUT2D eigenvalue weighted by atomic mass is 10.1. The Labute approximate surface area is 316 Å². The first-order chi connectivity index (χ1) is 23.6. The Morgan fingerprint density at radius 3 is 1.55 bits per heavy atom. The van der Waals surface area contributed by atoms with Crippen LogP contribution in [0.4, 0.5) is 44.2 Å². The van der Waals surface area contributed by atoms with Crippen LogP contribution < -0.4 is 31.1 Å². The van der Waals surface area contributed by atoms with Gasteiger partial charge in [-0.15, -0.1) is 12.4 Å². The van der Waals surface area contributed by atoms with Crippen molar-refractivity contribution in [2.24, 2.45) is 0 Å². The number of benzene rings is 2. The van der Waals surface area contributed by atoms with Crippen molar-refractivity contribution >= 4 is 103 Å². The molecule has 0 radical (unpaired) electrons. The van der Waals surface area contributed by atoms with E-state index in [0.29, 0.717) is 47.9 Å². The zero-order chi connectivity index (χ0) is 36.3. The van der Waals surface area contributed by atoms with Crippen molar-refractivity contribution in [2.75, 3.05) is 47.6 Å². The van der Waals surface area contributed by atoms with Gasteiger partial charge in [-0.25, -0.2) is 28.5 Å². The van der Waals surface area contributed by atoms with Gasteiger partial charge >= 0.3 is 24.0 Å². The number of hydrogen-bond donors (Lipinski definition) is 5. The normalized spacial score (nSPS) is 12.8. The first kappa shape index (κ1) is 39.0. The number of rotatable bonds is 6. The number of nitrogens with zero attached hydrogens (tertiary/aromatic N) is 6. The van der Waals surface area contributed by atoms with E-state index < -0.39 is 11.6 Å². The Morgan fingerprint density at radius 1 is 0.706 bits per heavy atom. The number of amides is 4. The smallest absolute Gasteiger partial charge is 0.338 e. The van der Waals surface area contributed by atoms with Crippen molar-refractivity contribution in [3.8, 4) is 0 Å². The summed E-state index contributed by atoms with van der Waals surface area (Å²) in [5, 5.41) is 28.1. The summed E-state index contributed by atoms with van der Waals surface area (Å²) in [6.45, 7) is 8.24. The Morgan fingerprint density at radius 2 is 1.14 bits per heavy atom. The van der Waals surface area contributed by atoms with Crippen LogP contribution in [0.3, 0.4) is 0 Å². The van der Waals surface area contributed by atoms with Crippen LogP contribution in [0.1, 0.15) is 41.5 Å². The molecule has 272 valence electrons. The number of hydrogen-bond acceptors (Lipinski definition) is 9. The van der Waals surface area contributed by atoms with Crippen molar-refractivity contribution < 1.29 is 29.0 Å². The number of ether oxygens (including phenoxy) is 1. The van der Waals surface area contributed by atoms with Crippen LogP contribution in [-0.4, -0.2) is 81.5 Å². The summed E-state index contributed by atoms with van der Waals surface area (Å²) in [6.07, 6.45) is 0. The van der Waals surface area contributed by atoms with Crippen molar-refractivity contribution in [2.45, 2.75) is 39.5 Å². The van der Waals surface area contributed by atoms with E-state index in [4.69, 9.17) is 4.74 Å². The maximum atomic E-state index is 12.5. The summed E-state index contributed by atoms with van der Waals surface area (Å²) >= 11 is 6.81. The highest BCUT2D eigenvalue weighted by atomic mass is 79.9. The lowest BCUT2D eigenvalue weighted by Crippen LogP contribution is -2.25. The molecule has 0 unspecified atom stereocenters. The number of urea groups is 2. The highest BCUT2D eigenvalue weighted by molar-refractivity contribution is 9.10.